The maximum Gasteiger partial charge on any atom is 0.335 e. The highest BCUT2D eigenvalue weighted by atomic mass is 32.1. The van der Waals surface area contributed by atoms with Gasteiger partial charge in [0.05, 0.1) is 17.5 Å². The van der Waals surface area contributed by atoms with Crippen molar-refractivity contribution >= 4 is 27.5 Å². The smallest absolute Gasteiger partial charge is 0.335 e. The number of thiophene rings is 1. The number of carboxylic acids is 1. The van der Waals surface area contributed by atoms with E-state index in [0.717, 1.165) is 10.4 Å². The van der Waals surface area contributed by atoms with E-state index >= 15 is 0 Å². The van der Waals surface area contributed by atoms with E-state index in [9.17, 15) is 9.59 Å². The molecule has 4 aromatic rings. The lowest BCUT2D eigenvalue weighted by Crippen LogP contribution is -2.24. The molecular weight excluding hydrogens is 350 g/mol. The Morgan fingerprint density at radius 1 is 1.08 bits per heavy atom. The third-order valence-corrected chi connectivity index (χ3v) is 5.05. The fraction of sp³-hybridized carbons (Fsp3) is 0.0526. The third-order valence-electron chi connectivity index (χ3n) is 3.99. The molecule has 4 rings (SSSR count). The van der Waals surface area contributed by atoms with Gasteiger partial charge in [0.15, 0.2) is 4.83 Å². The molecule has 1 N–H and O–H groups in total. The first-order valence-corrected chi connectivity index (χ1v) is 8.68. The number of carbonyl (C=O) groups is 1. The second kappa shape index (κ2) is 6.53. The van der Waals surface area contributed by atoms with E-state index in [1.165, 1.54) is 28.2 Å². The number of rotatable bonds is 4. The summed E-state index contributed by atoms with van der Waals surface area (Å²) in [5.74, 6) is -1.01. The highest BCUT2D eigenvalue weighted by Crippen LogP contribution is 2.30. The average Bonchev–Trinajstić information content (AvgIpc) is 3.10. The number of fused-ring (bicyclic) bond motifs is 1. The molecule has 6 nitrogen and oxygen atoms in total. The van der Waals surface area contributed by atoms with Crippen LogP contribution in [0.5, 0.6) is 0 Å². The molecular formula is C19H13N3O3S. The summed E-state index contributed by atoms with van der Waals surface area (Å²) in [5.41, 5.74) is 1.63. The van der Waals surface area contributed by atoms with Crippen LogP contribution in [0.25, 0.3) is 20.7 Å². The molecule has 0 amide bonds. The van der Waals surface area contributed by atoms with Crippen LogP contribution in [0.15, 0.2) is 65.5 Å². The summed E-state index contributed by atoms with van der Waals surface area (Å²) in [4.78, 5) is 25.4. The number of carboxylic acid groups (broad SMARTS) is 1. The monoisotopic (exact) mass is 363 g/mol. The van der Waals surface area contributed by atoms with Crippen molar-refractivity contribution in [2.45, 2.75) is 6.54 Å². The Balaban J connectivity index is 1.73. The van der Waals surface area contributed by atoms with E-state index in [4.69, 9.17) is 5.11 Å². The largest absolute Gasteiger partial charge is 0.478 e. The zero-order valence-electron chi connectivity index (χ0n) is 13.5. The Morgan fingerprint density at radius 2 is 1.88 bits per heavy atom. The van der Waals surface area contributed by atoms with Crippen LogP contribution in [0, 0.1) is 0 Å². The van der Waals surface area contributed by atoms with Crippen molar-refractivity contribution in [1.29, 1.82) is 0 Å². The third kappa shape index (κ3) is 3.00. The van der Waals surface area contributed by atoms with E-state index in [1.54, 1.807) is 12.1 Å². The summed E-state index contributed by atoms with van der Waals surface area (Å²) in [7, 11) is 0. The molecule has 7 heteroatoms. The van der Waals surface area contributed by atoms with Crippen molar-refractivity contribution in [3.63, 3.8) is 0 Å². The highest BCUT2D eigenvalue weighted by Gasteiger charge is 2.12. The molecule has 0 atom stereocenters. The van der Waals surface area contributed by atoms with E-state index in [1.807, 2.05) is 36.4 Å². The number of benzene rings is 2. The molecule has 0 saturated carbocycles. The van der Waals surface area contributed by atoms with Crippen LogP contribution in [-0.2, 0) is 6.54 Å². The van der Waals surface area contributed by atoms with Crippen molar-refractivity contribution < 1.29 is 9.90 Å². The Morgan fingerprint density at radius 3 is 2.65 bits per heavy atom. The van der Waals surface area contributed by atoms with Crippen LogP contribution in [0.4, 0.5) is 0 Å². The Kier molecular flexibility index (Phi) is 4.06. The van der Waals surface area contributed by atoms with Gasteiger partial charge in [-0.25, -0.2) is 9.48 Å². The molecule has 0 unspecified atom stereocenters. The average molecular weight is 363 g/mol. The van der Waals surface area contributed by atoms with Crippen molar-refractivity contribution in [3.8, 4) is 10.4 Å². The second-order valence-electron chi connectivity index (χ2n) is 5.75. The number of aromatic nitrogens is 3. The summed E-state index contributed by atoms with van der Waals surface area (Å²) in [5, 5.41) is 17.8. The molecule has 2 aromatic heterocycles. The van der Waals surface area contributed by atoms with Crippen LogP contribution >= 0.6 is 11.3 Å². The van der Waals surface area contributed by atoms with Gasteiger partial charge in [0.2, 0.25) is 0 Å². The number of nitrogens with zero attached hydrogens (tertiary/aromatic N) is 3. The molecule has 0 spiro atoms. The zero-order chi connectivity index (χ0) is 18.1. The number of hydrogen-bond donors (Lipinski definition) is 1. The van der Waals surface area contributed by atoms with E-state index in [-0.39, 0.29) is 17.7 Å². The molecule has 0 bridgehead atoms. The highest BCUT2D eigenvalue weighted by molar-refractivity contribution is 7.21. The maximum atomic E-state index is 12.7. The number of hydrogen-bond acceptors (Lipinski definition) is 5. The van der Waals surface area contributed by atoms with Crippen molar-refractivity contribution in [2.24, 2.45) is 0 Å². The first kappa shape index (κ1) is 16.2. The molecule has 0 fully saturated rings. The minimum absolute atomic E-state index is 0.166. The number of aromatic carboxylic acids is 1. The summed E-state index contributed by atoms with van der Waals surface area (Å²) < 4.78 is 1.25. The van der Waals surface area contributed by atoms with Crippen LogP contribution in [0.3, 0.4) is 0 Å². The Bertz CT molecular complexity index is 1170. The van der Waals surface area contributed by atoms with Crippen LogP contribution < -0.4 is 5.56 Å². The minimum atomic E-state index is -1.01. The summed E-state index contributed by atoms with van der Waals surface area (Å²) in [6.07, 6.45) is 0. The van der Waals surface area contributed by atoms with Gasteiger partial charge in [-0.1, -0.05) is 47.7 Å². The van der Waals surface area contributed by atoms with Gasteiger partial charge in [0.25, 0.3) is 5.56 Å². The fourth-order valence-electron chi connectivity index (χ4n) is 2.71. The predicted molar refractivity (Wildman–Crippen MR) is 99.6 cm³/mol. The van der Waals surface area contributed by atoms with Crippen LogP contribution in [-0.4, -0.2) is 26.1 Å². The van der Waals surface area contributed by atoms with Gasteiger partial charge in [0.1, 0.15) is 0 Å². The molecule has 128 valence electrons. The van der Waals surface area contributed by atoms with Gasteiger partial charge in [0, 0.05) is 4.88 Å². The summed E-state index contributed by atoms with van der Waals surface area (Å²) >= 11 is 1.42. The molecule has 0 radical (unpaired) electrons. The van der Waals surface area contributed by atoms with Gasteiger partial charge < -0.3 is 5.11 Å². The normalized spacial score (nSPS) is 10.9. The van der Waals surface area contributed by atoms with Crippen LogP contribution in [0.2, 0.25) is 0 Å². The van der Waals surface area contributed by atoms with Crippen LogP contribution in [0.1, 0.15) is 15.9 Å². The quantitative estimate of drug-likeness (QED) is 0.601. The summed E-state index contributed by atoms with van der Waals surface area (Å²) in [6, 6.07) is 18.1. The molecule has 0 aliphatic carbocycles. The lowest BCUT2D eigenvalue weighted by molar-refractivity contribution is 0.0696. The maximum absolute atomic E-state index is 12.7. The lowest BCUT2D eigenvalue weighted by atomic mass is 10.1. The Hall–Kier alpha value is -3.32. The topological polar surface area (TPSA) is 85.1 Å². The van der Waals surface area contributed by atoms with E-state index in [2.05, 4.69) is 10.3 Å². The van der Waals surface area contributed by atoms with Gasteiger partial charge in [-0.3, -0.25) is 4.79 Å². The lowest BCUT2D eigenvalue weighted by Gasteiger charge is -2.04. The SMILES string of the molecule is O=C(O)c1cccc(Cn2nnc3sc(-c4ccccc4)cc3c2=O)c1. The predicted octanol–water partition coefficient (Wildman–Crippen LogP) is 3.27. The first-order valence-electron chi connectivity index (χ1n) is 7.87. The van der Waals surface area contributed by atoms with Gasteiger partial charge in [-0.15, -0.1) is 16.4 Å². The molecule has 0 aliphatic rings. The fourth-order valence-corrected chi connectivity index (χ4v) is 3.68. The first-order chi connectivity index (χ1) is 12.6. The second-order valence-corrected chi connectivity index (χ2v) is 6.78. The van der Waals surface area contributed by atoms with Gasteiger partial charge in [-0.05, 0) is 29.3 Å². The van der Waals surface area contributed by atoms with Crippen molar-refractivity contribution in [3.05, 3.63) is 82.1 Å². The molecule has 2 heterocycles. The van der Waals surface area contributed by atoms with Gasteiger partial charge >= 0.3 is 5.97 Å². The minimum Gasteiger partial charge on any atom is -0.478 e. The molecule has 2 aromatic carbocycles. The zero-order valence-corrected chi connectivity index (χ0v) is 14.3. The summed E-state index contributed by atoms with van der Waals surface area (Å²) in [6.45, 7) is 0.166. The molecule has 0 aliphatic heterocycles. The van der Waals surface area contributed by atoms with E-state index < -0.39 is 5.97 Å². The Labute approximate surface area is 152 Å². The molecule has 26 heavy (non-hydrogen) atoms. The molecule has 0 saturated heterocycles. The van der Waals surface area contributed by atoms with Crippen molar-refractivity contribution in [2.75, 3.05) is 0 Å². The standard InChI is InChI=1S/C19H13N3O3S/c23-18-15-10-16(13-6-2-1-3-7-13)26-17(15)20-21-22(18)11-12-5-4-8-14(9-12)19(24)25/h1-10H,11H2,(H,24,25). The van der Waals surface area contributed by atoms with Gasteiger partial charge in [-0.2, -0.15) is 0 Å². The van der Waals surface area contributed by atoms with E-state index in [0.29, 0.717) is 15.8 Å². The van der Waals surface area contributed by atoms with Crippen molar-refractivity contribution in [1.82, 2.24) is 15.0 Å².